The van der Waals surface area contributed by atoms with E-state index in [1.165, 1.54) is 13.2 Å². The molecule has 17 heavy (non-hydrogen) atoms. The third-order valence-electron chi connectivity index (χ3n) is 2.97. The fourth-order valence-corrected chi connectivity index (χ4v) is 2.32. The molecule has 0 aromatic rings. The first kappa shape index (κ1) is 12.1. The van der Waals surface area contributed by atoms with Gasteiger partial charge in [-0.2, -0.15) is 0 Å². The Kier molecular flexibility index (Phi) is 3.19. The average molecular weight is 298 g/mol. The minimum atomic E-state index is -0.358. The highest BCUT2D eigenvalue weighted by Crippen LogP contribution is 2.31. The molecule has 90 valence electrons. The van der Waals surface area contributed by atoms with Crippen LogP contribution in [0.4, 0.5) is 0 Å². The molecule has 0 aromatic heterocycles. The highest BCUT2D eigenvalue weighted by molar-refractivity contribution is 9.11. The standard InChI is InChI=1S/C12H12BrNO3/c1-6-8(13)4-3-7-9(15)5-10(17-2)12(16)14-11(6)7/h3-6,11H,1-2H3,(H,14,16). The molecule has 2 rings (SSSR count). The van der Waals surface area contributed by atoms with E-state index in [0.29, 0.717) is 5.57 Å². The minimum absolute atomic E-state index is 0.0347. The van der Waals surface area contributed by atoms with E-state index in [4.69, 9.17) is 4.74 Å². The Labute approximate surface area is 108 Å². The number of methoxy groups -OCH3 is 1. The Morgan fingerprint density at radius 2 is 2.06 bits per heavy atom. The quantitative estimate of drug-likeness (QED) is 0.797. The van der Waals surface area contributed by atoms with Crippen molar-refractivity contribution in [1.29, 1.82) is 0 Å². The van der Waals surface area contributed by atoms with Crippen molar-refractivity contribution in [3.63, 3.8) is 0 Å². The number of hydrogen-bond donors (Lipinski definition) is 1. The van der Waals surface area contributed by atoms with E-state index in [-0.39, 0.29) is 29.4 Å². The molecule has 1 amide bonds. The third kappa shape index (κ3) is 2.07. The zero-order chi connectivity index (χ0) is 12.6. The summed E-state index contributed by atoms with van der Waals surface area (Å²) in [6.07, 6.45) is 4.81. The van der Waals surface area contributed by atoms with Crippen LogP contribution in [0.1, 0.15) is 6.92 Å². The summed E-state index contributed by atoms with van der Waals surface area (Å²) in [5.41, 5.74) is 0.584. The van der Waals surface area contributed by atoms with Gasteiger partial charge in [0.25, 0.3) is 5.91 Å². The van der Waals surface area contributed by atoms with Gasteiger partial charge >= 0.3 is 0 Å². The predicted molar refractivity (Wildman–Crippen MR) is 66.3 cm³/mol. The number of ketones is 1. The van der Waals surface area contributed by atoms with E-state index in [1.54, 1.807) is 6.08 Å². The lowest BCUT2D eigenvalue weighted by Gasteiger charge is -2.27. The number of rotatable bonds is 1. The Balaban J connectivity index is 2.44. The van der Waals surface area contributed by atoms with Crippen molar-refractivity contribution < 1.29 is 14.3 Å². The molecule has 0 fully saturated rings. The molecule has 1 aliphatic carbocycles. The van der Waals surface area contributed by atoms with Crippen LogP contribution in [0.2, 0.25) is 0 Å². The maximum absolute atomic E-state index is 12.0. The van der Waals surface area contributed by atoms with Crippen molar-refractivity contribution in [2.45, 2.75) is 13.0 Å². The lowest BCUT2D eigenvalue weighted by molar-refractivity contribution is -0.121. The first-order chi connectivity index (χ1) is 8.04. The van der Waals surface area contributed by atoms with Gasteiger partial charge in [-0.15, -0.1) is 0 Å². The topological polar surface area (TPSA) is 55.4 Å². The Morgan fingerprint density at radius 1 is 1.35 bits per heavy atom. The summed E-state index contributed by atoms with van der Waals surface area (Å²) >= 11 is 3.42. The Hall–Kier alpha value is -1.36. The number of fused-ring (bicyclic) bond motifs is 1. The van der Waals surface area contributed by atoms with Gasteiger partial charge in [0.15, 0.2) is 11.5 Å². The molecule has 0 spiro atoms. The monoisotopic (exact) mass is 297 g/mol. The number of ether oxygens (including phenoxy) is 1. The van der Waals surface area contributed by atoms with Gasteiger partial charge in [0.05, 0.1) is 13.2 Å². The van der Waals surface area contributed by atoms with Gasteiger partial charge in [-0.05, 0) is 0 Å². The van der Waals surface area contributed by atoms with Crippen LogP contribution in [0, 0.1) is 5.92 Å². The predicted octanol–water partition coefficient (Wildman–Crippen LogP) is 1.44. The molecule has 1 N–H and O–H groups in total. The summed E-state index contributed by atoms with van der Waals surface area (Å²) in [5.74, 6) is -0.460. The summed E-state index contributed by atoms with van der Waals surface area (Å²) < 4.78 is 5.85. The van der Waals surface area contributed by atoms with E-state index in [2.05, 4.69) is 21.2 Å². The molecule has 0 saturated heterocycles. The number of amides is 1. The number of allylic oxidation sites excluding steroid dienone is 3. The van der Waals surface area contributed by atoms with Crippen LogP contribution in [0.25, 0.3) is 0 Å². The molecular weight excluding hydrogens is 286 g/mol. The highest BCUT2D eigenvalue weighted by Gasteiger charge is 2.34. The zero-order valence-corrected chi connectivity index (χ0v) is 11.1. The van der Waals surface area contributed by atoms with Crippen molar-refractivity contribution in [3.8, 4) is 0 Å². The van der Waals surface area contributed by atoms with Crippen LogP contribution in [0.5, 0.6) is 0 Å². The highest BCUT2D eigenvalue weighted by atomic mass is 79.9. The SMILES string of the molecule is COC1=CC(=O)C2=CC=C(Br)C(C)C2NC1=O. The smallest absolute Gasteiger partial charge is 0.286 e. The van der Waals surface area contributed by atoms with Crippen LogP contribution in [-0.4, -0.2) is 24.8 Å². The fraction of sp³-hybridized carbons (Fsp3) is 0.333. The second-order valence-electron chi connectivity index (χ2n) is 3.99. The van der Waals surface area contributed by atoms with Crippen LogP contribution in [-0.2, 0) is 14.3 Å². The molecule has 1 heterocycles. The average Bonchev–Trinajstić information content (AvgIpc) is 2.42. The normalized spacial score (nSPS) is 28.3. The van der Waals surface area contributed by atoms with Crippen molar-refractivity contribution in [2.24, 2.45) is 5.92 Å². The van der Waals surface area contributed by atoms with E-state index < -0.39 is 0 Å². The summed E-state index contributed by atoms with van der Waals surface area (Å²) in [4.78, 5) is 23.7. The van der Waals surface area contributed by atoms with E-state index in [9.17, 15) is 9.59 Å². The molecular formula is C12H12BrNO3. The first-order valence-electron chi connectivity index (χ1n) is 5.22. The number of carbonyl (C=O) groups is 2. The van der Waals surface area contributed by atoms with Gasteiger partial charge in [-0.25, -0.2) is 0 Å². The number of carbonyl (C=O) groups excluding carboxylic acids is 2. The van der Waals surface area contributed by atoms with Gasteiger partial charge in [0, 0.05) is 22.0 Å². The third-order valence-corrected chi connectivity index (χ3v) is 3.96. The van der Waals surface area contributed by atoms with Crippen LogP contribution >= 0.6 is 15.9 Å². The zero-order valence-electron chi connectivity index (χ0n) is 9.49. The fourth-order valence-electron chi connectivity index (χ4n) is 1.92. The molecule has 4 nitrogen and oxygen atoms in total. The molecule has 0 radical (unpaired) electrons. The molecule has 0 bridgehead atoms. The minimum Gasteiger partial charge on any atom is -0.491 e. The lowest BCUT2D eigenvalue weighted by Crippen LogP contribution is -2.42. The van der Waals surface area contributed by atoms with Crippen molar-refractivity contribution in [2.75, 3.05) is 7.11 Å². The molecule has 0 aromatic carbocycles. The number of halogens is 1. The molecule has 2 aliphatic rings. The van der Waals surface area contributed by atoms with Crippen LogP contribution in [0.15, 0.2) is 34.0 Å². The van der Waals surface area contributed by atoms with Gasteiger partial charge in [-0.3, -0.25) is 9.59 Å². The molecule has 2 unspecified atom stereocenters. The molecule has 1 aliphatic heterocycles. The molecule has 0 saturated carbocycles. The van der Waals surface area contributed by atoms with Gasteiger partial charge in [0.1, 0.15) is 0 Å². The molecule has 5 heteroatoms. The largest absolute Gasteiger partial charge is 0.491 e. The van der Waals surface area contributed by atoms with Gasteiger partial charge < -0.3 is 10.1 Å². The Bertz CT molecular complexity index is 476. The lowest BCUT2D eigenvalue weighted by atomic mass is 9.88. The summed E-state index contributed by atoms with van der Waals surface area (Å²) in [6, 6.07) is -0.307. The summed E-state index contributed by atoms with van der Waals surface area (Å²) in [6.45, 7) is 1.95. The second-order valence-corrected chi connectivity index (χ2v) is 4.91. The van der Waals surface area contributed by atoms with Gasteiger partial charge in [-0.1, -0.05) is 35.0 Å². The van der Waals surface area contributed by atoms with E-state index >= 15 is 0 Å². The van der Waals surface area contributed by atoms with Crippen molar-refractivity contribution in [1.82, 2.24) is 5.32 Å². The van der Waals surface area contributed by atoms with Gasteiger partial charge in [0.2, 0.25) is 0 Å². The summed E-state index contributed by atoms with van der Waals surface area (Å²) in [5, 5.41) is 2.80. The number of nitrogens with one attached hydrogen (secondary N) is 1. The first-order valence-corrected chi connectivity index (χ1v) is 6.02. The number of hydrogen-bond acceptors (Lipinski definition) is 3. The second kappa shape index (κ2) is 4.49. The Morgan fingerprint density at radius 3 is 2.71 bits per heavy atom. The van der Waals surface area contributed by atoms with E-state index in [1.807, 2.05) is 13.0 Å². The van der Waals surface area contributed by atoms with Crippen LogP contribution in [0.3, 0.4) is 0 Å². The van der Waals surface area contributed by atoms with Crippen molar-refractivity contribution >= 4 is 27.6 Å². The maximum Gasteiger partial charge on any atom is 0.286 e. The van der Waals surface area contributed by atoms with Crippen molar-refractivity contribution in [3.05, 3.63) is 34.0 Å². The van der Waals surface area contributed by atoms with E-state index in [0.717, 1.165) is 4.48 Å². The maximum atomic E-state index is 12.0. The summed E-state index contributed by atoms with van der Waals surface area (Å²) in [7, 11) is 1.37. The van der Waals surface area contributed by atoms with Crippen LogP contribution < -0.4 is 5.32 Å². The molecule has 2 atom stereocenters.